The van der Waals surface area contributed by atoms with Gasteiger partial charge in [0, 0.05) is 5.69 Å². The number of hydrogen-bond acceptors (Lipinski definition) is 4. The van der Waals surface area contributed by atoms with Crippen molar-refractivity contribution in [2.75, 3.05) is 6.61 Å². The lowest BCUT2D eigenvalue weighted by atomic mass is 10.1. The fourth-order valence-corrected chi connectivity index (χ4v) is 2.55. The second-order valence-electron chi connectivity index (χ2n) is 5.22. The van der Waals surface area contributed by atoms with Gasteiger partial charge in [-0.1, -0.05) is 30.3 Å². The van der Waals surface area contributed by atoms with Crippen molar-refractivity contribution < 1.29 is 9.53 Å². The molecule has 2 aromatic heterocycles. The van der Waals surface area contributed by atoms with Gasteiger partial charge in [0.25, 0.3) is 0 Å². The highest BCUT2D eigenvalue weighted by molar-refractivity contribution is 5.94. The second kappa shape index (κ2) is 6.08. The van der Waals surface area contributed by atoms with Crippen LogP contribution in [0, 0.1) is 6.92 Å². The van der Waals surface area contributed by atoms with Crippen molar-refractivity contribution in [1.29, 1.82) is 0 Å². The number of aryl methyl sites for hydroxylation is 1. The van der Waals surface area contributed by atoms with Gasteiger partial charge in [-0.15, -0.1) is 0 Å². The number of carbonyl (C=O) groups excluding carboxylic acids is 1. The zero-order chi connectivity index (χ0) is 16.4. The molecule has 2 heterocycles. The van der Waals surface area contributed by atoms with E-state index in [1.54, 1.807) is 18.5 Å². The molecule has 3 aromatic rings. The lowest BCUT2D eigenvalue weighted by molar-refractivity contribution is 0.0523. The van der Waals surface area contributed by atoms with E-state index in [0.29, 0.717) is 23.3 Å². The van der Waals surface area contributed by atoms with Crippen molar-refractivity contribution in [2.45, 2.75) is 20.4 Å². The number of ether oxygens (including phenoxy) is 1. The average molecular weight is 311 g/mol. The van der Waals surface area contributed by atoms with Crippen molar-refractivity contribution in [3.05, 3.63) is 63.6 Å². The molecule has 0 fully saturated rings. The molecule has 6 nitrogen and oxygen atoms in total. The van der Waals surface area contributed by atoms with Gasteiger partial charge < -0.3 is 9.72 Å². The number of benzene rings is 1. The fraction of sp³-hybridized carbons (Fsp3) is 0.235. The molecule has 23 heavy (non-hydrogen) atoms. The van der Waals surface area contributed by atoms with Crippen LogP contribution in [0.25, 0.3) is 11.0 Å². The summed E-state index contributed by atoms with van der Waals surface area (Å²) < 4.78 is 6.67. The van der Waals surface area contributed by atoms with Crippen LogP contribution < -0.4 is 5.43 Å². The van der Waals surface area contributed by atoms with E-state index >= 15 is 0 Å². The standard InChI is InChI=1S/C17H17N3O3/c1-3-23-17(22)14-11(2)19-16-13(15(14)21)9-18-20(16)10-12-7-5-4-6-8-12/h4-9H,3,10H2,1-2H3,(H,19,21). The number of nitrogens with one attached hydrogen (secondary N) is 1. The third-order valence-corrected chi connectivity index (χ3v) is 3.65. The summed E-state index contributed by atoms with van der Waals surface area (Å²) in [4.78, 5) is 27.6. The van der Waals surface area contributed by atoms with Crippen molar-refractivity contribution in [1.82, 2.24) is 14.8 Å². The Balaban J connectivity index is 2.08. The third kappa shape index (κ3) is 2.75. The molecule has 0 radical (unpaired) electrons. The second-order valence-corrected chi connectivity index (χ2v) is 5.22. The summed E-state index contributed by atoms with van der Waals surface area (Å²) in [6.45, 7) is 4.16. The van der Waals surface area contributed by atoms with Crippen LogP contribution in [-0.2, 0) is 11.3 Å². The normalized spacial score (nSPS) is 10.9. The smallest absolute Gasteiger partial charge is 0.343 e. The van der Waals surface area contributed by atoms with E-state index in [2.05, 4.69) is 10.1 Å². The Morgan fingerprint density at radius 2 is 2.04 bits per heavy atom. The van der Waals surface area contributed by atoms with Gasteiger partial charge >= 0.3 is 5.97 Å². The minimum atomic E-state index is -0.607. The molecular weight excluding hydrogens is 294 g/mol. The first-order valence-corrected chi connectivity index (χ1v) is 7.41. The molecule has 0 aliphatic rings. The van der Waals surface area contributed by atoms with Crippen molar-refractivity contribution in [3.63, 3.8) is 0 Å². The lowest BCUT2D eigenvalue weighted by Gasteiger charge is -2.07. The summed E-state index contributed by atoms with van der Waals surface area (Å²) in [7, 11) is 0. The van der Waals surface area contributed by atoms with Crippen LogP contribution in [0.5, 0.6) is 0 Å². The first-order valence-electron chi connectivity index (χ1n) is 7.41. The SMILES string of the molecule is CCOC(=O)c1c(C)[nH]c2c(cnn2Cc2ccccc2)c1=O. The van der Waals surface area contributed by atoms with Crippen molar-refractivity contribution in [2.24, 2.45) is 0 Å². The first kappa shape index (κ1) is 15.0. The topological polar surface area (TPSA) is 77.0 Å². The van der Waals surface area contributed by atoms with E-state index < -0.39 is 5.97 Å². The number of H-pyrrole nitrogens is 1. The van der Waals surface area contributed by atoms with Crippen LogP contribution in [0.2, 0.25) is 0 Å². The zero-order valence-electron chi connectivity index (χ0n) is 13.0. The Hall–Kier alpha value is -2.89. The van der Waals surface area contributed by atoms with E-state index in [-0.39, 0.29) is 17.6 Å². The Kier molecular flexibility index (Phi) is 3.97. The van der Waals surface area contributed by atoms with Crippen LogP contribution in [0.4, 0.5) is 0 Å². The first-order chi connectivity index (χ1) is 11.1. The number of esters is 1. The molecule has 0 saturated heterocycles. The van der Waals surface area contributed by atoms with E-state index in [4.69, 9.17) is 4.74 Å². The van der Waals surface area contributed by atoms with Gasteiger partial charge in [-0.05, 0) is 19.4 Å². The molecule has 0 aliphatic carbocycles. The van der Waals surface area contributed by atoms with Crippen molar-refractivity contribution in [3.8, 4) is 0 Å². The van der Waals surface area contributed by atoms with E-state index in [1.165, 1.54) is 6.20 Å². The number of fused-ring (bicyclic) bond motifs is 1. The van der Waals surface area contributed by atoms with Gasteiger partial charge in [0.15, 0.2) is 0 Å². The Morgan fingerprint density at radius 3 is 2.74 bits per heavy atom. The summed E-state index contributed by atoms with van der Waals surface area (Å²) in [5.41, 5.74) is 1.85. The highest BCUT2D eigenvalue weighted by atomic mass is 16.5. The number of hydrogen-bond donors (Lipinski definition) is 1. The molecule has 0 atom stereocenters. The maximum Gasteiger partial charge on any atom is 0.343 e. The van der Waals surface area contributed by atoms with E-state index in [9.17, 15) is 9.59 Å². The fourth-order valence-electron chi connectivity index (χ4n) is 2.55. The summed E-state index contributed by atoms with van der Waals surface area (Å²) in [6, 6.07) is 9.83. The third-order valence-electron chi connectivity index (χ3n) is 3.65. The van der Waals surface area contributed by atoms with Gasteiger partial charge in [-0.25, -0.2) is 9.48 Å². The maximum absolute atomic E-state index is 12.6. The highest BCUT2D eigenvalue weighted by Gasteiger charge is 2.19. The molecule has 118 valence electrons. The van der Waals surface area contributed by atoms with Crippen LogP contribution in [0.3, 0.4) is 0 Å². The molecule has 0 amide bonds. The van der Waals surface area contributed by atoms with Crippen LogP contribution in [0.15, 0.2) is 41.3 Å². The summed E-state index contributed by atoms with van der Waals surface area (Å²) in [6.07, 6.45) is 1.49. The monoisotopic (exact) mass is 311 g/mol. The van der Waals surface area contributed by atoms with Crippen LogP contribution in [0.1, 0.15) is 28.5 Å². The Bertz CT molecular complexity index is 910. The molecule has 0 unspecified atom stereocenters. The molecule has 3 rings (SSSR count). The number of rotatable bonds is 4. The molecule has 0 saturated carbocycles. The quantitative estimate of drug-likeness (QED) is 0.750. The van der Waals surface area contributed by atoms with E-state index in [0.717, 1.165) is 5.56 Å². The van der Waals surface area contributed by atoms with Crippen molar-refractivity contribution >= 4 is 17.0 Å². The van der Waals surface area contributed by atoms with Gasteiger partial charge in [-0.2, -0.15) is 5.10 Å². The van der Waals surface area contributed by atoms with Gasteiger partial charge in [-0.3, -0.25) is 4.79 Å². The molecule has 0 spiro atoms. The Morgan fingerprint density at radius 1 is 1.30 bits per heavy atom. The molecule has 1 N–H and O–H groups in total. The van der Waals surface area contributed by atoms with Gasteiger partial charge in [0.1, 0.15) is 11.2 Å². The number of pyridine rings is 1. The number of nitrogens with zero attached hydrogens (tertiary/aromatic N) is 2. The minimum absolute atomic E-state index is 0.0404. The summed E-state index contributed by atoms with van der Waals surface area (Å²) in [5.74, 6) is -0.607. The number of carbonyl (C=O) groups is 1. The summed E-state index contributed by atoms with van der Waals surface area (Å²) >= 11 is 0. The highest BCUT2D eigenvalue weighted by Crippen LogP contribution is 2.13. The van der Waals surface area contributed by atoms with E-state index in [1.807, 2.05) is 30.3 Å². The van der Waals surface area contributed by atoms with Gasteiger partial charge in [0.05, 0.1) is 24.7 Å². The molecule has 6 heteroatoms. The maximum atomic E-state index is 12.6. The molecule has 0 bridgehead atoms. The largest absolute Gasteiger partial charge is 0.462 e. The number of aromatic nitrogens is 3. The summed E-state index contributed by atoms with van der Waals surface area (Å²) in [5, 5.41) is 4.66. The molecule has 0 aliphatic heterocycles. The number of aromatic amines is 1. The minimum Gasteiger partial charge on any atom is -0.462 e. The van der Waals surface area contributed by atoms with Crippen LogP contribution >= 0.6 is 0 Å². The predicted octanol–water partition coefficient (Wildman–Crippen LogP) is 2.26. The Labute approximate surface area is 132 Å². The molecule has 1 aromatic carbocycles. The lowest BCUT2D eigenvalue weighted by Crippen LogP contribution is -2.20. The molecular formula is C17H17N3O3. The van der Waals surface area contributed by atoms with Crippen LogP contribution in [-0.4, -0.2) is 27.3 Å². The van der Waals surface area contributed by atoms with Gasteiger partial charge in [0.2, 0.25) is 5.43 Å². The zero-order valence-corrected chi connectivity index (χ0v) is 13.0. The average Bonchev–Trinajstić information content (AvgIpc) is 2.92. The predicted molar refractivity (Wildman–Crippen MR) is 86.6 cm³/mol.